The van der Waals surface area contributed by atoms with E-state index in [1.807, 2.05) is 6.07 Å². The number of fused-ring (bicyclic) bond motifs is 1. The van der Waals surface area contributed by atoms with Gasteiger partial charge in [0.2, 0.25) is 0 Å². The zero-order valence-electron chi connectivity index (χ0n) is 12.3. The van der Waals surface area contributed by atoms with Crippen molar-refractivity contribution in [2.75, 3.05) is 18.9 Å². The molecule has 2 aromatic rings. The third-order valence-corrected chi connectivity index (χ3v) is 4.54. The molecule has 3 heteroatoms. The average molecular weight is 269 g/mol. The Morgan fingerprint density at radius 1 is 1.30 bits per heavy atom. The minimum atomic E-state index is 0.670. The summed E-state index contributed by atoms with van der Waals surface area (Å²) in [5.41, 5.74) is 3.84. The number of nitrogens with two attached hydrogens (primary N) is 1. The molecule has 1 aromatic heterocycles. The van der Waals surface area contributed by atoms with Crippen molar-refractivity contribution < 1.29 is 0 Å². The molecule has 3 rings (SSSR count). The second-order valence-corrected chi connectivity index (χ2v) is 5.70. The molecule has 2 N–H and O–H groups in total. The van der Waals surface area contributed by atoms with Gasteiger partial charge < -0.3 is 5.84 Å². The van der Waals surface area contributed by atoms with Crippen LogP contribution in [-0.4, -0.2) is 28.7 Å². The Balaban J connectivity index is 1.91. The molecule has 20 heavy (non-hydrogen) atoms. The van der Waals surface area contributed by atoms with Crippen LogP contribution < -0.4 is 5.84 Å². The van der Waals surface area contributed by atoms with Crippen molar-refractivity contribution in [2.45, 2.75) is 32.7 Å². The Labute approximate surface area is 120 Å². The van der Waals surface area contributed by atoms with E-state index in [-0.39, 0.29) is 0 Å². The number of nitrogens with zero attached hydrogens (tertiary/aromatic N) is 2. The first-order valence-corrected chi connectivity index (χ1v) is 7.49. The molecule has 1 atom stereocenters. The molecule has 106 valence electrons. The number of hydrogen-bond donors (Lipinski definition) is 1. The predicted octanol–water partition coefficient (Wildman–Crippen LogP) is 3.24. The quantitative estimate of drug-likeness (QED) is 0.868. The van der Waals surface area contributed by atoms with E-state index >= 15 is 0 Å². The molecular weight excluding hydrogens is 246 g/mol. The maximum atomic E-state index is 6.06. The van der Waals surface area contributed by atoms with Gasteiger partial charge in [-0.05, 0) is 31.4 Å². The van der Waals surface area contributed by atoms with E-state index in [4.69, 9.17) is 5.84 Å². The van der Waals surface area contributed by atoms with E-state index in [2.05, 4.69) is 49.2 Å². The van der Waals surface area contributed by atoms with Crippen LogP contribution in [0.4, 0.5) is 0 Å². The second-order valence-electron chi connectivity index (χ2n) is 5.70. The van der Waals surface area contributed by atoms with Gasteiger partial charge in [-0.2, -0.15) is 0 Å². The first-order valence-electron chi connectivity index (χ1n) is 7.49. The number of para-hydroxylation sites is 1. The van der Waals surface area contributed by atoms with Crippen LogP contribution in [0.1, 0.15) is 32.3 Å². The Morgan fingerprint density at radius 2 is 2.10 bits per heavy atom. The number of benzene rings is 1. The number of hydrogen-bond acceptors (Lipinski definition) is 2. The highest BCUT2D eigenvalue weighted by Crippen LogP contribution is 2.30. The predicted molar refractivity (Wildman–Crippen MR) is 86.0 cm³/mol. The number of nitrogen functional groups attached to an aromatic ring is 1. The SMILES string of the molecule is CCC(C)N1CC=C(c2cn(N)c3ccccc23)CC1. The lowest BCUT2D eigenvalue weighted by Crippen LogP contribution is -2.35. The van der Waals surface area contributed by atoms with Crippen molar-refractivity contribution >= 4 is 16.5 Å². The molecule has 0 radical (unpaired) electrons. The van der Waals surface area contributed by atoms with Crippen LogP contribution in [0, 0.1) is 0 Å². The molecule has 1 aliphatic heterocycles. The van der Waals surface area contributed by atoms with Crippen molar-refractivity contribution in [3.63, 3.8) is 0 Å². The van der Waals surface area contributed by atoms with Crippen LogP contribution in [0.25, 0.3) is 16.5 Å². The molecule has 1 aromatic carbocycles. The van der Waals surface area contributed by atoms with Gasteiger partial charge in [-0.1, -0.05) is 31.2 Å². The second kappa shape index (κ2) is 5.33. The van der Waals surface area contributed by atoms with Crippen LogP contribution in [0.5, 0.6) is 0 Å². The van der Waals surface area contributed by atoms with Gasteiger partial charge >= 0.3 is 0 Å². The lowest BCUT2D eigenvalue weighted by Gasteiger charge is -2.31. The molecule has 0 saturated carbocycles. The van der Waals surface area contributed by atoms with Crippen LogP contribution >= 0.6 is 0 Å². The lowest BCUT2D eigenvalue weighted by molar-refractivity contribution is 0.225. The van der Waals surface area contributed by atoms with Crippen molar-refractivity contribution in [3.05, 3.63) is 42.1 Å². The summed E-state index contributed by atoms with van der Waals surface area (Å²) >= 11 is 0. The average Bonchev–Trinajstić information content (AvgIpc) is 2.84. The van der Waals surface area contributed by atoms with E-state index in [0.29, 0.717) is 6.04 Å². The van der Waals surface area contributed by atoms with Gasteiger partial charge in [-0.3, -0.25) is 9.58 Å². The molecule has 1 aliphatic rings. The van der Waals surface area contributed by atoms with Crippen molar-refractivity contribution in [3.8, 4) is 0 Å². The van der Waals surface area contributed by atoms with Crippen molar-refractivity contribution in [2.24, 2.45) is 0 Å². The zero-order valence-corrected chi connectivity index (χ0v) is 12.3. The van der Waals surface area contributed by atoms with E-state index in [1.54, 1.807) is 4.68 Å². The largest absolute Gasteiger partial charge is 0.339 e. The highest BCUT2D eigenvalue weighted by atomic mass is 15.3. The minimum absolute atomic E-state index is 0.670. The topological polar surface area (TPSA) is 34.2 Å². The molecule has 0 fully saturated rings. The molecule has 0 amide bonds. The molecule has 0 spiro atoms. The molecular formula is C17H23N3. The van der Waals surface area contributed by atoms with Crippen LogP contribution in [0.2, 0.25) is 0 Å². The van der Waals surface area contributed by atoms with Gasteiger partial charge in [-0.25, -0.2) is 0 Å². The van der Waals surface area contributed by atoms with E-state index in [1.165, 1.54) is 22.9 Å². The molecule has 0 bridgehead atoms. The van der Waals surface area contributed by atoms with Crippen LogP contribution in [0.15, 0.2) is 36.5 Å². The molecule has 1 unspecified atom stereocenters. The maximum absolute atomic E-state index is 6.06. The van der Waals surface area contributed by atoms with Gasteiger partial charge in [0.25, 0.3) is 0 Å². The standard InChI is InChI=1S/C17H23N3/c1-3-13(2)19-10-8-14(9-11-19)16-12-20(18)17-7-5-4-6-15(16)17/h4-8,12-13H,3,9-11,18H2,1-2H3. The summed E-state index contributed by atoms with van der Waals surface area (Å²) in [5, 5.41) is 1.26. The van der Waals surface area contributed by atoms with Crippen LogP contribution in [0.3, 0.4) is 0 Å². The fourth-order valence-electron chi connectivity index (χ4n) is 3.05. The normalized spacial score (nSPS) is 18.2. The lowest BCUT2D eigenvalue weighted by atomic mass is 9.98. The fourth-order valence-corrected chi connectivity index (χ4v) is 3.05. The van der Waals surface area contributed by atoms with Gasteiger partial charge in [0.15, 0.2) is 0 Å². The maximum Gasteiger partial charge on any atom is 0.0696 e. The summed E-state index contributed by atoms with van der Waals surface area (Å²) in [5.74, 6) is 6.06. The van der Waals surface area contributed by atoms with E-state index in [9.17, 15) is 0 Å². The van der Waals surface area contributed by atoms with Crippen LogP contribution in [-0.2, 0) is 0 Å². The summed E-state index contributed by atoms with van der Waals surface area (Å²) in [6.45, 7) is 6.76. The Morgan fingerprint density at radius 3 is 2.80 bits per heavy atom. The Bertz CT molecular complexity index is 639. The summed E-state index contributed by atoms with van der Waals surface area (Å²) in [6, 6.07) is 9.03. The minimum Gasteiger partial charge on any atom is -0.339 e. The summed E-state index contributed by atoms with van der Waals surface area (Å²) < 4.78 is 1.74. The first kappa shape index (κ1) is 13.3. The third kappa shape index (κ3) is 2.22. The van der Waals surface area contributed by atoms with Gasteiger partial charge in [0.05, 0.1) is 5.52 Å². The number of aromatic nitrogens is 1. The summed E-state index contributed by atoms with van der Waals surface area (Å²) in [4.78, 5) is 2.55. The van der Waals surface area contributed by atoms with E-state index < -0.39 is 0 Å². The molecule has 0 saturated heterocycles. The molecule has 0 aliphatic carbocycles. The smallest absolute Gasteiger partial charge is 0.0696 e. The van der Waals surface area contributed by atoms with E-state index in [0.717, 1.165) is 25.0 Å². The number of rotatable bonds is 3. The van der Waals surface area contributed by atoms with Gasteiger partial charge in [0.1, 0.15) is 0 Å². The Hall–Kier alpha value is -1.74. The highest BCUT2D eigenvalue weighted by molar-refractivity contribution is 5.93. The summed E-state index contributed by atoms with van der Waals surface area (Å²) in [7, 11) is 0. The van der Waals surface area contributed by atoms with Gasteiger partial charge in [-0.15, -0.1) is 0 Å². The summed E-state index contributed by atoms with van der Waals surface area (Å²) in [6.07, 6.45) is 6.76. The Kier molecular flexibility index (Phi) is 3.53. The van der Waals surface area contributed by atoms with Crippen molar-refractivity contribution in [1.82, 2.24) is 9.58 Å². The third-order valence-electron chi connectivity index (χ3n) is 4.54. The first-order chi connectivity index (χ1) is 9.70. The highest BCUT2D eigenvalue weighted by Gasteiger charge is 2.18. The zero-order chi connectivity index (χ0) is 14.1. The monoisotopic (exact) mass is 269 g/mol. The molecule has 3 nitrogen and oxygen atoms in total. The van der Waals surface area contributed by atoms with Crippen molar-refractivity contribution in [1.29, 1.82) is 0 Å². The van der Waals surface area contributed by atoms with Gasteiger partial charge in [0, 0.05) is 36.3 Å². The molecule has 2 heterocycles. The fraction of sp³-hybridized carbons (Fsp3) is 0.412.